The molecule has 4 amide bonds. The molecule has 2 aliphatic heterocycles. The number of H-pyrrole nitrogens is 1. The molecule has 0 bridgehead atoms. The third kappa shape index (κ3) is 3.87. The van der Waals surface area contributed by atoms with Gasteiger partial charge in [-0.2, -0.15) is 0 Å². The van der Waals surface area contributed by atoms with Crippen LogP contribution in [0.3, 0.4) is 0 Å². The lowest BCUT2D eigenvalue weighted by molar-refractivity contribution is -0.364. The molecule has 4 rings (SSSR count). The van der Waals surface area contributed by atoms with Gasteiger partial charge in [0.05, 0.1) is 19.3 Å². The summed E-state index contributed by atoms with van der Waals surface area (Å²) in [5, 5.41) is 2.95. The van der Waals surface area contributed by atoms with Crippen molar-refractivity contribution in [2.24, 2.45) is 11.3 Å². The van der Waals surface area contributed by atoms with Gasteiger partial charge in [-0.25, -0.2) is 9.78 Å². The Morgan fingerprint density at radius 3 is 2.53 bits per heavy atom. The molecule has 1 aliphatic carbocycles. The highest BCUT2D eigenvalue weighted by molar-refractivity contribution is 6.09. The van der Waals surface area contributed by atoms with Crippen molar-refractivity contribution >= 4 is 23.7 Å². The predicted octanol–water partition coefficient (Wildman–Crippen LogP) is 1.29. The molecule has 2 N–H and O–H groups in total. The molecule has 1 aromatic rings. The Morgan fingerprint density at radius 2 is 1.90 bits per heavy atom. The van der Waals surface area contributed by atoms with Crippen molar-refractivity contribution in [1.82, 2.24) is 15.1 Å². The fourth-order valence-corrected chi connectivity index (χ4v) is 5.66. The molecule has 0 aromatic carbocycles. The lowest BCUT2D eigenvalue weighted by Gasteiger charge is -2.43. The first kappa shape index (κ1) is 20.6. The molecule has 1 spiro atoms. The average Bonchev–Trinajstić information content (AvgIpc) is 2.90. The summed E-state index contributed by atoms with van der Waals surface area (Å²) in [4.78, 5) is 47.0. The van der Waals surface area contributed by atoms with Gasteiger partial charge in [0.2, 0.25) is 5.91 Å². The monoisotopic (exact) mass is 414 g/mol. The van der Waals surface area contributed by atoms with E-state index in [1.54, 1.807) is 4.90 Å². The van der Waals surface area contributed by atoms with E-state index in [1.165, 1.54) is 0 Å². The van der Waals surface area contributed by atoms with Gasteiger partial charge < -0.3 is 10.2 Å². The number of pyridine rings is 1. The number of nitrogens with zero attached hydrogens (tertiary/aromatic N) is 3. The fourth-order valence-electron chi connectivity index (χ4n) is 5.66. The maximum absolute atomic E-state index is 13.2. The molecule has 3 heterocycles. The summed E-state index contributed by atoms with van der Waals surface area (Å²) in [6.45, 7) is 8.78. The summed E-state index contributed by atoms with van der Waals surface area (Å²) in [7, 11) is 0. The van der Waals surface area contributed by atoms with E-state index in [9.17, 15) is 14.4 Å². The number of piperazine rings is 1. The Bertz CT molecular complexity index is 834. The maximum Gasteiger partial charge on any atom is 0.325 e. The third-order valence-electron chi connectivity index (χ3n) is 6.58. The van der Waals surface area contributed by atoms with Crippen molar-refractivity contribution < 1.29 is 19.4 Å². The van der Waals surface area contributed by atoms with Gasteiger partial charge in [0.15, 0.2) is 0 Å². The number of urea groups is 1. The maximum atomic E-state index is 13.2. The average molecular weight is 415 g/mol. The number of imide groups is 1. The minimum absolute atomic E-state index is 0.0224. The normalized spacial score (nSPS) is 28.8. The number of carbonyl (C=O) groups excluding carboxylic acids is 3. The van der Waals surface area contributed by atoms with Crippen LogP contribution in [0, 0.1) is 11.3 Å². The molecule has 3 fully saturated rings. The van der Waals surface area contributed by atoms with Crippen molar-refractivity contribution in [2.75, 3.05) is 37.6 Å². The molecule has 2 saturated heterocycles. The summed E-state index contributed by atoms with van der Waals surface area (Å²) in [6.07, 6.45) is 4.16. The second kappa shape index (κ2) is 7.56. The van der Waals surface area contributed by atoms with Crippen molar-refractivity contribution in [2.45, 2.75) is 45.6 Å². The van der Waals surface area contributed by atoms with Crippen LogP contribution in [0.4, 0.5) is 10.6 Å². The topological polar surface area (TPSA) is 87.1 Å². The van der Waals surface area contributed by atoms with Crippen LogP contribution < -0.4 is 15.2 Å². The zero-order chi connectivity index (χ0) is 21.5. The van der Waals surface area contributed by atoms with Crippen LogP contribution in [0.1, 0.15) is 40.0 Å². The Balaban J connectivity index is 1.38. The van der Waals surface area contributed by atoms with Crippen molar-refractivity contribution in [3.8, 4) is 0 Å². The highest BCUT2D eigenvalue weighted by atomic mass is 16.2. The van der Waals surface area contributed by atoms with Gasteiger partial charge in [0, 0.05) is 6.07 Å². The van der Waals surface area contributed by atoms with E-state index in [1.807, 2.05) is 24.4 Å². The highest BCUT2D eigenvalue weighted by Gasteiger charge is 2.56. The van der Waals surface area contributed by atoms with Gasteiger partial charge in [-0.3, -0.25) is 19.4 Å². The highest BCUT2D eigenvalue weighted by Crippen LogP contribution is 2.46. The number of aromatic nitrogens is 1. The molecule has 30 heavy (non-hydrogen) atoms. The van der Waals surface area contributed by atoms with E-state index in [0.717, 1.165) is 17.1 Å². The van der Waals surface area contributed by atoms with Crippen molar-refractivity contribution in [1.29, 1.82) is 0 Å². The van der Waals surface area contributed by atoms with Crippen molar-refractivity contribution in [3.05, 3.63) is 24.4 Å². The van der Waals surface area contributed by atoms with E-state index in [-0.39, 0.29) is 23.8 Å². The van der Waals surface area contributed by atoms with Gasteiger partial charge in [-0.05, 0) is 36.7 Å². The van der Waals surface area contributed by atoms with E-state index in [4.69, 9.17) is 0 Å². The van der Waals surface area contributed by atoms with Gasteiger partial charge in [0.1, 0.15) is 25.2 Å². The number of hydrogen-bond donors (Lipinski definition) is 1. The van der Waals surface area contributed by atoms with Crippen LogP contribution in [0.2, 0.25) is 0 Å². The van der Waals surface area contributed by atoms with Crippen LogP contribution in [0.25, 0.3) is 0 Å². The number of aromatic amines is 1. The molecular weight excluding hydrogens is 382 g/mol. The summed E-state index contributed by atoms with van der Waals surface area (Å²) < 4.78 is 0. The van der Waals surface area contributed by atoms with Crippen LogP contribution in [-0.2, 0) is 9.59 Å². The van der Waals surface area contributed by atoms with Crippen LogP contribution in [0.15, 0.2) is 24.4 Å². The number of rotatable bonds is 3. The number of anilines is 1. The second-order valence-corrected chi connectivity index (χ2v) is 9.87. The van der Waals surface area contributed by atoms with Gasteiger partial charge in [-0.15, -0.1) is 0 Å². The van der Waals surface area contributed by atoms with Crippen LogP contribution in [0.5, 0.6) is 0 Å². The number of carbonyl (C=O) groups is 3. The Kier molecular flexibility index (Phi) is 5.20. The second-order valence-electron chi connectivity index (χ2n) is 9.87. The molecule has 3 aliphatic rings. The van der Waals surface area contributed by atoms with Crippen LogP contribution >= 0.6 is 0 Å². The Labute approximate surface area is 177 Å². The zero-order valence-electron chi connectivity index (χ0n) is 18.1. The molecular formula is C22H32N5O3+. The summed E-state index contributed by atoms with van der Waals surface area (Å²) >= 11 is 0. The first-order valence-electron chi connectivity index (χ1n) is 10.8. The number of nitrogens with one attached hydrogen (secondary N) is 2. The van der Waals surface area contributed by atoms with Gasteiger partial charge >= 0.3 is 6.03 Å². The Morgan fingerprint density at radius 1 is 1.17 bits per heavy atom. The van der Waals surface area contributed by atoms with Gasteiger partial charge in [0.25, 0.3) is 11.7 Å². The molecule has 2 atom stereocenters. The Hall–Kier alpha value is -2.64. The lowest BCUT2D eigenvalue weighted by Crippen LogP contribution is -2.55. The third-order valence-corrected chi connectivity index (χ3v) is 6.58. The standard InChI is InChI=1S/C22H31N5O3/c1-16-12-21(2,3)15-22(13-16)19(29)27(20(30)24-22)14-18(28)26-10-8-25(9-11-26)17-6-4-5-7-23-17/h4-7,16H,8-15H2,1-3H3,(H,24,30)/p+1/t16-,22+/m1/s1. The van der Waals surface area contributed by atoms with Crippen LogP contribution in [-0.4, -0.2) is 65.9 Å². The molecule has 1 aromatic heterocycles. The molecule has 8 heteroatoms. The SMILES string of the molecule is C[C@@H]1CC(C)(C)C[C@]2(C1)NC(=O)N(CC(=O)N1CCN(c3cccc[nH+]3)CC1)C2=O. The molecule has 8 nitrogen and oxygen atoms in total. The molecule has 0 radical (unpaired) electrons. The first-order chi connectivity index (χ1) is 14.2. The molecule has 1 saturated carbocycles. The summed E-state index contributed by atoms with van der Waals surface area (Å²) in [5.41, 5.74) is -0.883. The number of amides is 4. The van der Waals surface area contributed by atoms with E-state index in [0.29, 0.717) is 44.9 Å². The smallest absolute Gasteiger partial charge is 0.325 e. The molecule has 0 unspecified atom stereocenters. The van der Waals surface area contributed by atoms with Gasteiger partial charge in [-0.1, -0.05) is 26.8 Å². The molecule has 162 valence electrons. The first-order valence-corrected chi connectivity index (χ1v) is 10.8. The lowest BCUT2D eigenvalue weighted by atomic mass is 9.64. The largest absolute Gasteiger partial charge is 0.333 e. The van der Waals surface area contributed by atoms with E-state index < -0.39 is 11.6 Å². The minimum Gasteiger partial charge on any atom is -0.333 e. The fraction of sp³-hybridized carbons (Fsp3) is 0.636. The van der Waals surface area contributed by atoms with Crippen molar-refractivity contribution in [3.63, 3.8) is 0 Å². The van der Waals surface area contributed by atoms with E-state index >= 15 is 0 Å². The minimum atomic E-state index is -0.861. The predicted molar refractivity (Wildman–Crippen MR) is 112 cm³/mol. The zero-order valence-corrected chi connectivity index (χ0v) is 18.1. The van der Waals surface area contributed by atoms with E-state index in [2.05, 4.69) is 36.0 Å². The number of hydrogen-bond acceptors (Lipinski definition) is 4. The quantitative estimate of drug-likeness (QED) is 0.755. The summed E-state index contributed by atoms with van der Waals surface area (Å²) in [5.74, 6) is 0.958. The summed E-state index contributed by atoms with van der Waals surface area (Å²) in [6, 6.07) is 5.49.